The van der Waals surface area contributed by atoms with Crippen LogP contribution in [0.4, 0.5) is 5.69 Å². The second-order valence-electron chi connectivity index (χ2n) is 5.09. The number of nitro groups is 1. The average molecular weight is 379 g/mol. The Bertz CT molecular complexity index is 1130. The molecule has 3 rings (SSSR count). The van der Waals surface area contributed by atoms with Crippen LogP contribution in [-0.4, -0.2) is 25.0 Å². The van der Waals surface area contributed by atoms with Crippen LogP contribution in [0.1, 0.15) is 0 Å². The Morgan fingerprint density at radius 1 is 1.20 bits per heavy atom. The number of sulfonamides is 1. The van der Waals surface area contributed by atoms with E-state index in [1.54, 1.807) is 17.7 Å². The molecule has 25 heavy (non-hydrogen) atoms. The SMILES string of the molecule is COc1ccc(S(=O)(=O)/N=c2\sc3cc([N+](=O)[O-])ccc3n2C)cc1. The first-order chi connectivity index (χ1) is 11.8. The predicted octanol–water partition coefficient (Wildman–Crippen LogP) is 2.45. The Morgan fingerprint density at radius 2 is 1.88 bits per heavy atom. The van der Waals surface area contributed by atoms with Gasteiger partial charge in [0.2, 0.25) is 4.80 Å². The van der Waals surface area contributed by atoms with Crippen molar-refractivity contribution in [3.8, 4) is 5.75 Å². The molecule has 0 saturated heterocycles. The molecule has 0 saturated carbocycles. The van der Waals surface area contributed by atoms with E-state index in [4.69, 9.17) is 4.74 Å². The Kier molecular flexibility index (Phi) is 4.31. The van der Waals surface area contributed by atoms with Crippen LogP contribution in [0.5, 0.6) is 5.75 Å². The summed E-state index contributed by atoms with van der Waals surface area (Å²) in [5.74, 6) is 0.540. The van der Waals surface area contributed by atoms with Crippen molar-refractivity contribution in [1.82, 2.24) is 4.57 Å². The summed E-state index contributed by atoms with van der Waals surface area (Å²) in [6.45, 7) is 0. The number of aryl methyl sites for hydroxylation is 1. The van der Waals surface area contributed by atoms with Crippen molar-refractivity contribution in [2.45, 2.75) is 4.90 Å². The molecule has 0 bridgehead atoms. The number of hydrogen-bond acceptors (Lipinski definition) is 6. The van der Waals surface area contributed by atoms with Crippen molar-refractivity contribution in [3.63, 3.8) is 0 Å². The van der Waals surface area contributed by atoms with Crippen molar-refractivity contribution >= 4 is 37.3 Å². The van der Waals surface area contributed by atoms with E-state index in [2.05, 4.69) is 4.40 Å². The van der Waals surface area contributed by atoms with Crippen molar-refractivity contribution in [3.05, 3.63) is 57.4 Å². The Balaban J connectivity index is 2.13. The van der Waals surface area contributed by atoms with Gasteiger partial charge in [0.05, 0.1) is 27.1 Å². The smallest absolute Gasteiger partial charge is 0.285 e. The maximum atomic E-state index is 12.5. The van der Waals surface area contributed by atoms with Gasteiger partial charge in [-0.05, 0) is 30.3 Å². The molecular formula is C15H13N3O5S2. The number of nitrogens with zero attached hydrogens (tertiary/aromatic N) is 3. The van der Waals surface area contributed by atoms with Crippen molar-refractivity contribution < 1.29 is 18.1 Å². The lowest BCUT2D eigenvalue weighted by molar-refractivity contribution is -0.384. The molecule has 0 unspecified atom stereocenters. The second-order valence-corrected chi connectivity index (χ2v) is 7.71. The average Bonchev–Trinajstić information content (AvgIpc) is 2.89. The highest BCUT2D eigenvalue weighted by Gasteiger charge is 2.15. The van der Waals surface area contributed by atoms with Gasteiger partial charge in [0, 0.05) is 19.2 Å². The third kappa shape index (κ3) is 3.26. The van der Waals surface area contributed by atoms with Gasteiger partial charge in [-0.2, -0.15) is 8.42 Å². The van der Waals surface area contributed by atoms with Gasteiger partial charge in [0.1, 0.15) is 5.75 Å². The van der Waals surface area contributed by atoms with Crippen LogP contribution in [0.15, 0.2) is 51.8 Å². The van der Waals surface area contributed by atoms with Gasteiger partial charge in [0.25, 0.3) is 15.7 Å². The number of aromatic nitrogens is 1. The Hall–Kier alpha value is -2.72. The number of methoxy groups -OCH3 is 1. The summed E-state index contributed by atoms with van der Waals surface area (Å²) in [7, 11) is -0.760. The highest BCUT2D eigenvalue weighted by atomic mass is 32.2. The van der Waals surface area contributed by atoms with Crippen molar-refractivity contribution in [1.29, 1.82) is 0 Å². The summed E-state index contributed by atoms with van der Waals surface area (Å²) in [6.07, 6.45) is 0. The molecule has 0 aliphatic rings. The fourth-order valence-electron chi connectivity index (χ4n) is 2.23. The minimum absolute atomic E-state index is 0.0386. The van der Waals surface area contributed by atoms with Crippen molar-refractivity contribution in [2.75, 3.05) is 7.11 Å². The summed E-state index contributed by atoms with van der Waals surface area (Å²) in [6, 6.07) is 10.2. The minimum atomic E-state index is -3.91. The molecular weight excluding hydrogens is 366 g/mol. The zero-order valence-corrected chi connectivity index (χ0v) is 14.9. The minimum Gasteiger partial charge on any atom is -0.497 e. The monoisotopic (exact) mass is 379 g/mol. The highest BCUT2D eigenvalue weighted by Crippen LogP contribution is 2.23. The maximum Gasteiger partial charge on any atom is 0.285 e. The Labute approximate surface area is 146 Å². The first-order valence-electron chi connectivity index (χ1n) is 7.01. The molecule has 130 valence electrons. The first-order valence-corrected chi connectivity index (χ1v) is 9.26. The van der Waals surface area contributed by atoms with Crippen LogP contribution in [-0.2, 0) is 17.1 Å². The van der Waals surface area contributed by atoms with Gasteiger partial charge in [0.15, 0.2) is 0 Å². The summed E-state index contributed by atoms with van der Waals surface area (Å²) in [4.78, 5) is 10.6. The third-order valence-corrected chi connectivity index (χ3v) is 6.05. The molecule has 10 heteroatoms. The van der Waals surface area contributed by atoms with E-state index < -0.39 is 14.9 Å². The molecule has 1 aromatic heterocycles. The summed E-state index contributed by atoms with van der Waals surface area (Å²) in [5, 5.41) is 10.9. The molecule has 3 aromatic rings. The van der Waals surface area contributed by atoms with E-state index in [1.807, 2.05) is 0 Å². The number of fused-ring (bicyclic) bond motifs is 1. The second kappa shape index (κ2) is 6.30. The van der Waals surface area contributed by atoms with E-state index in [9.17, 15) is 18.5 Å². The van der Waals surface area contributed by atoms with E-state index in [0.29, 0.717) is 16.0 Å². The highest BCUT2D eigenvalue weighted by molar-refractivity contribution is 7.90. The van der Waals surface area contributed by atoms with Gasteiger partial charge in [-0.3, -0.25) is 10.1 Å². The molecule has 0 atom stereocenters. The zero-order valence-electron chi connectivity index (χ0n) is 13.2. The molecule has 0 radical (unpaired) electrons. The van der Waals surface area contributed by atoms with Gasteiger partial charge < -0.3 is 9.30 Å². The summed E-state index contributed by atoms with van der Waals surface area (Å²) < 4.78 is 36.0. The summed E-state index contributed by atoms with van der Waals surface area (Å²) in [5.41, 5.74) is 0.609. The molecule has 0 fully saturated rings. The van der Waals surface area contributed by atoms with E-state index in [1.165, 1.54) is 43.5 Å². The van der Waals surface area contributed by atoms with Crippen molar-refractivity contribution in [2.24, 2.45) is 11.4 Å². The fraction of sp³-hybridized carbons (Fsp3) is 0.133. The molecule has 0 spiro atoms. The molecule has 2 aromatic carbocycles. The molecule has 8 nitrogen and oxygen atoms in total. The van der Waals surface area contributed by atoms with Crippen LogP contribution < -0.4 is 9.54 Å². The molecule has 1 heterocycles. The van der Waals surface area contributed by atoms with Gasteiger partial charge in [-0.1, -0.05) is 11.3 Å². The van der Waals surface area contributed by atoms with Gasteiger partial charge >= 0.3 is 0 Å². The standard InChI is InChI=1S/C15H13N3O5S2/c1-17-13-8-3-10(18(19)20)9-14(13)24-15(17)16-25(21,22)12-6-4-11(23-2)5-7-12/h3-9H,1-2H3/b16-15-. The normalized spacial score (nSPS) is 12.5. The van der Waals surface area contributed by atoms with Crippen LogP contribution in [0, 0.1) is 10.1 Å². The number of hydrogen-bond donors (Lipinski definition) is 0. The number of non-ortho nitro benzene ring substituents is 1. The summed E-state index contributed by atoms with van der Waals surface area (Å²) >= 11 is 1.07. The van der Waals surface area contributed by atoms with Gasteiger partial charge in [-0.15, -0.1) is 4.40 Å². The predicted molar refractivity (Wildman–Crippen MR) is 93.2 cm³/mol. The molecule has 0 aliphatic heterocycles. The molecule has 0 amide bonds. The maximum absolute atomic E-state index is 12.5. The number of ether oxygens (including phenoxy) is 1. The fourth-order valence-corrected chi connectivity index (χ4v) is 4.51. The number of nitro benzene ring substituents is 1. The Morgan fingerprint density at radius 3 is 2.48 bits per heavy atom. The zero-order chi connectivity index (χ0) is 18.2. The topological polar surface area (TPSA) is 104 Å². The van der Waals surface area contributed by atoms with Crippen LogP contribution in [0.2, 0.25) is 0 Å². The third-order valence-electron chi connectivity index (χ3n) is 3.56. The number of thiazole rings is 1. The lowest BCUT2D eigenvalue weighted by Gasteiger charge is -2.01. The van der Waals surface area contributed by atoms with Crippen LogP contribution in [0.25, 0.3) is 10.2 Å². The van der Waals surface area contributed by atoms with E-state index >= 15 is 0 Å². The lowest BCUT2D eigenvalue weighted by Crippen LogP contribution is -2.13. The quantitative estimate of drug-likeness (QED) is 0.511. The van der Waals surface area contributed by atoms with Crippen LogP contribution in [0.3, 0.4) is 0 Å². The number of rotatable bonds is 4. The molecule has 0 N–H and O–H groups in total. The van der Waals surface area contributed by atoms with E-state index in [-0.39, 0.29) is 15.4 Å². The first kappa shape index (κ1) is 17.1. The number of benzene rings is 2. The largest absolute Gasteiger partial charge is 0.497 e. The van der Waals surface area contributed by atoms with Gasteiger partial charge in [-0.25, -0.2) is 0 Å². The molecule has 0 aliphatic carbocycles. The van der Waals surface area contributed by atoms with Crippen LogP contribution >= 0.6 is 11.3 Å². The van der Waals surface area contributed by atoms with E-state index in [0.717, 1.165) is 11.3 Å². The lowest BCUT2D eigenvalue weighted by atomic mass is 10.3.